The predicted octanol–water partition coefficient (Wildman–Crippen LogP) is 2.54. The molecule has 0 bridgehead atoms. The molecule has 1 amide bonds. The van der Waals surface area contributed by atoms with Gasteiger partial charge in [-0.2, -0.15) is 0 Å². The van der Waals surface area contributed by atoms with E-state index in [2.05, 4.69) is 40.5 Å². The Balaban J connectivity index is 1.03. The average molecular weight is 531 g/mol. The molecule has 2 saturated heterocycles. The van der Waals surface area contributed by atoms with Crippen molar-refractivity contribution in [2.75, 3.05) is 26.2 Å². The number of nitriles is 1. The number of piperidine rings is 1. The van der Waals surface area contributed by atoms with Crippen LogP contribution in [0.4, 0.5) is 13.6 Å². The summed E-state index contributed by atoms with van der Waals surface area (Å²) in [5, 5.41) is 17.5. The van der Waals surface area contributed by atoms with Gasteiger partial charge in [0.05, 0.1) is 0 Å². The molecule has 0 radical (unpaired) electrons. The Labute approximate surface area is 225 Å². The molecule has 12 heteroatoms. The van der Waals surface area contributed by atoms with Gasteiger partial charge in [0.15, 0.2) is 0 Å². The van der Waals surface area contributed by atoms with Crippen molar-refractivity contribution in [2.45, 2.75) is 43.3 Å². The molecule has 2 aromatic rings. The van der Waals surface area contributed by atoms with E-state index in [0.29, 0.717) is 25.6 Å². The number of benzene rings is 1. The fourth-order valence-corrected chi connectivity index (χ4v) is 6.06. The van der Waals surface area contributed by atoms with Crippen LogP contribution in [0.3, 0.4) is 0 Å². The summed E-state index contributed by atoms with van der Waals surface area (Å²) in [5.41, 5.74) is 1.000. The van der Waals surface area contributed by atoms with Crippen molar-refractivity contribution in [1.82, 2.24) is 24.9 Å². The number of aliphatic imine (C=N–C) groups is 1. The molecule has 4 aliphatic rings. The van der Waals surface area contributed by atoms with Gasteiger partial charge in [-0.1, -0.05) is 0 Å². The SMILES string of the molecule is N#CCC1(n2cc(C3B=CN=C4NC=CC43)cn2)CN(C2CCN(C(=O)OCc3cc(F)cc(F)c3)CC2)C1. The van der Waals surface area contributed by atoms with Gasteiger partial charge < -0.3 is 4.74 Å². The van der Waals surface area contributed by atoms with E-state index in [1.54, 1.807) is 4.90 Å². The molecule has 5 heterocycles. The van der Waals surface area contributed by atoms with E-state index in [-0.39, 0.29) is 29.4 Å². The number of amidine groups is 1. The predicted molar refractivity (Wildman–Crippen MR) is 141 cm³/mol. The number of fused-ring (bicyclic) bond motifs is 1. The number of carbonyl (C=O) groups is 1. The number of ether oxygens (including phenoxy) is 1. The van der Waals surface area contributed by atoms with Gasteiger partial charge in [-0.3, -0.25) is 0 Å². The number of rotatable bonds is 6. The zero-order valence-corrected chi connectivity index (χ0v) is 21.3. The molecule has 6 rings (SSSR count). The van der Waals surface area contributed by atoms with Crippen LogP contribution >= 0.6 is 0 Å². The van der Waals surface area contributed by atoms with E-state index in [4.69, 9.17) is 9.84 Å². The van der Waals surface area contributed by atoms with Crippen molar-refractivity contribution in [2.24, 2.45) is 10.9 Å². The molecule has 9 nitrogen and oxygen atoms in total. The number of likely N-dealkylation sites (tertiary alicyclic amines) is 2. The molecule has 2 atom stereocenters. The Bertz CT molecular complexity index is 1370. The molecular formula is C27H28BF2N7O2. The summed E-state index contributed by atoms with van der Waals surface area (Å²) < 4.78 is 34.0. The van der Waals surface area contributed by atoms with Gasteiger partial charge in [0, 0.05) is 6.07 Å². The van der Waals surface area contributed by atoms with Gasteiger partial charge in [-0.15, -0.1) is 0 Å². The number of carbonyl (C=O) groups excluding carboxylic acids is 1. The van der Waals surface area contributed by atoms with E-state index in [0.717, 1.165) is 55.5 Å². The van der Waals surface area contributed by atoms with Crippen LogP contribution in [0.2, 0.25) is 0 Å². The van der Waals surface area contributed by atoms with E-state index in [9.17, 15) is 18.8 Å². The first-order valence-corrected chi connectivity index (χ1v) is 13.1. The Hall–Kier alpha value is -3.85. The van der Waals surface area contributed by atoms with Gasteiger partial charge in [0.1, 0.15) is 18.2 Å². The van der Waals surface area contributed by atoms with Crippen LogP contribution in [0, 0.1) is 28.9 Å². The normalized spacial score (nSPS) is 23.7. The second kappa shape index (κ2) is 10.4. The van der Waals surface area contributed by atoms with Crippen molar-refractivity contribution in [3.8, 4) is 6.07 Å². The van der Waals surface area contributed by atoms with Crippen LogP contribution in [-0.4, -0.2) is 76.7 Å². The Kier molecular flexibility index (Phi) is 6.77. The molecule has 200 valence electrons. The van der Waals surface area contributed by atoms with Crippen molar-refractivity contribution < 1.29 is 18.3 Å². The van der Waals surface area contributed by atoms with Gasteiger partial charge in [0.2, 0.25) is 0 Å². The van der Waals surface area contributed by atoms with Crippen LogP contribution < -0.4 is 5.32 Å². The summed E-state index contributed by atoms with van der Waals surface area (Å²) in [5.74, 6) is -0.142. The van der Waals surface area contributed by atoms with Crippen LogP contribution in [0.5, 0.6) is 0 Å². The second-order valence-corrected chi connectivity index (χ2v) is 10.6. The zero-order chi connectivity index (χ0) is 27.0. The van der Waals surface area contributed by atoms with Crippen LogP contribution in [-0.2, 0) is 16.9 Å². The Morgan fingerprint density at radius 1 is 1.23 bits per heavy atom. The Morgan fingerprint density at radius 3 is 2.74 bits per heavy atom. The molecule has 4 aliphatic heterocycles. The van der Waals surface area contributed by atoms with E-state index in [1.165, 1.54) is 0 Å². The Morgan fingerprint density at radius 2 is 2.00 bits per heavy atom. The molecule has 2 unspecified atom stereocenters. The van der Waals surface area contributed by atoms with Crippen LogP contribution in [0.25, 0.3) is 0 Å². The number of halogens is 2. The van der Waals surface area contributed by atoms with Crippen molar-refractivity contribution in [1.29, 1.82) is 5.26 Å². The van der Waals surface area contributed by atoms with E-state index >= 15 is 0 Å². The zero-order valence-electron chi connectivity index (χ0n) is 21.3. The summed E-state index contributed by atoms with van der Waals surface area (Å²) >= 11 is 0. The minimum absolute atomic E-state index is 0.150. The number of hydrogen-bond acceptors (Lipinski definition) is 7. The van der Waals surface area contributed by atoms with Crippen molar-refractivity contribution in [3.05, 3.63) is 65.6 Å². The number of amides is 1. The summed E-state index contributed by atoms with van der Waals surface area (Å²) in [6, 6.07) is 5.75. The molecule has 1 aromatic carbocycles. The van der Waals surface area contributed by atoms with Gasteiger partial charge >= 0.3 is 165 Å². The number of nitrogens with zero attached hydrogens (tertiary/aromatic N) is 6. The molecule has 0 spiro atoms. The first-order chi connectivity index (χ1) is 18.9. The second-order valence-electron chi connectivity index (χ2n) is 10.6. The van der Waals surface area contributed by atoms with Gasteiger partial charge in [0.25, 0.3) is 0 Å². The third-order valence-corrected chi connectivity index (χ3v) is 8.14. The number of hydrogen-bond donors (Lipinski definition) is 1. The topological polar surface area (TPSA) is 98.8 Å². The third-order valence-electron chi connectivity index (χ3n) is 8.14. The first kappa shape index (κ1) is 25.4. The summed E-state index contributed by atoms with van der Waals surface area (Å²) in [7, 11) is 0. The number of aromatic nitrogens is 2. The van der Waals surface area contributed by atoms with Crippen molar-refractivity contribution in [3.63, 3.8) is 0 Å². The molecule has 0 aliphatic carbocycles. The molecule has 2 fully saturated rings. The molecule has 1 aromatic heterocycles. The van der Waals surface area contributed by atoms with E-state index in [1.807, 2.05) is 23.2 Å². The van der Waals surface area contributed by atoms with Crippen LogP contribution in [0.1, 0.15) is 36.2 Å². The summed E-state index contributed by atoms with van der Waals surface area (Å²) in [4.78, 5) is 20.9. The van der Waals surface area contributed by atoms with E-state index < -0.39 is 17.7 Å². The number of nitrogens with one attached hydrogen (secondary N) is 1. The maximum atomic E-state index is 13.4. The van der Waals surface area contributed by atoms with Gasteiger partial charge in [-0.25, -0.2) is 13.6 Å². The molecule has 39 heavy (non-hydrogen) atoms. The summed E-state index contributed by atoms with van der Waals surface area (Å²) in [6.07, 6.45) is 11.3. The monoisotopic (exact) mass is 531 g/mol. The fourth-order valence-electron chi connectivity index (χ4n) is 6.06. The van der Waals surface area contributed by atoms with Gasteiger partial charge in [-0.05, 0) is 17.7 Å². The average Bonchev–Trinajstić information content (AvgIpc) is 3.59. The molecule has 0 saturated carbocycles. The molecule has 1 N–H and O–H groups in total. The first-order valence-electron chi connectivity index (χ1n) is 13.1. The third kappa shape index (κ3) is 4.99. The fraction of sp³-hybridized carbons (Fsp3) is 0.444. The minimum atomic E-state index is -0.701. The summed E-state index contributed by atoms with van der Waals surface area (Å²) in [6.45, 7) is 4.43. The van der Waals surface area contributed by atoms with Crippen molar-refractivity contribution >= 4 is 24.9 Å². The quantitative estimate of drug-likeness (QED) is 0.576. The maximum absolute atomic E-state index is 13.4. The van der Waals surface area contributed by atoms with Crippen LogP contribution in [0.15, 0.2) is 47.9 Å². The molecular weight excluding hydrogens is 503 g/mol. The standard InChI is InChI=1S/C27H28BF2N7O2/c29-20-9-18(10-21(30)11-20)14-39-26(38)35-7-2-22(3-8-35)36-15-27(16-36,4-5-31)37-13-19(12-34-37)24-23-1-6-32-25(23)33-17-28-24/h1,6,9-13,17,22-24H,2-4,7-8,14-16H2,(H,32,33).